The van der Waals surface area contributed by atoms with Crippen molar-refractivity contribution in [3.8, 4) is 0 Å². The maximum Gasteiger partial charge on any atom is 0.242 e. The fraction of sp³-hybridized carbons (Fsp3) is 0.895. The van der Waals surface area contributed by atoms with E-state index in [-0.39, 0.29) is 25.0 Å². The predicted molar refractivity (Wildman–Crippen MR) is 98.8 cm³/mol. The standard InChI is InChI=1S/C19H38N2O3/c1-3-4-5-6-7-8-9-10-11-12-13-14-18(23)21-17(2)19(24)20-15-16-22/h17,22H,3-16H2,1-2H3,(H,20,24)(H,21,23)/t17-/m0/s1. The largest absolute Gasteiger partial charge is 0.395 e. The van der Waals surface area contributed by atoms with Crippen LogP contribution in [0, 0.1) is 0 Å². The first-order valence-corrected chi connectivity index (χ1v) is 9.79. The van der Waals surface area contributed by atoms with Crippen molar-refractivity contribution in [2.45, 2.75) is 96.9 Å². The Kier molecular flexibility index (Phi) is 16.0. The van der Waals surface area contributed by atoms with Crippen molar-refractivity contribution in [3.05, 3.63) is 0 Å². The Balaban J connectivity index is 3.41. The first-order valence-electron chi connectivity index (χ1n) is 9.79. The molecule has 0 bridgehead atoms. The third-order valence-corrected chi connectivity index (χ3v) is 4.19. The quantitative estimate of drug-likeness (QED) is 0.377. The third-order valence-electron chi connectivity index (χ3n) is 4.19. The zero-order valence-corrected chi connectivity index (χ0v) is 15.7. The SMILES string of the molecule is CCCCCCCCCCCCCC(=O)N[C@@H](C)C(=O)NCCO. The summed E-state index contributed by atoms with van der Waals surface area (Å²) in [7, 11) is 0. The highest BCUT2D eigenvalue weighted by Gasteiger charge is 2.14. The summed E-state index contributed by atoms with van der Waals surface area (Å²) in [6, 6.07) is -0.545. The molecule has 3 N–H and O–H groups in total. The van der Waals surface area contributed by atoms with E-state index in [1.54, 1.807) is 6.92 Å². The number of nitrogens with one attached hydrogen (secondary N) is 2. The van der Waals surface area contributed by atoms with Gasteiger partial charge in [0, 0.05) is 13.0 Å². The summed E-state index contributed by atoms with van der Waals surface area (Å²) in [4.78, 5) is 23.3. The second-order valence-corrected chi connectivity index (χ2v) is 6.59. The van der Waals surface area contributed by atoms with Crippen molar-refractivity contribution in [3.63, 3.8) is 0 Å². The maximum atomic E-state index is 11.8. The Labute approximate surface area is 148 Å². The van der Waals surface area contributed by atoms with Crippen molar-refractivity contribution in [1.29, 1.82) is 0 Å². The fourth-order valence-electron chi connectivity index (χ4n) is 2.66. The predicted octanol–water partition coefficient (Wildman–Crippen LogP) is 3.30. The summed E-state index contributed by atoms with van der Waals surface area (Å²) in [5.74, 6) is -0.325. The summed E-state index contributed by atoms with van der Waals surface area (Å²) in [6.07, 6.45) is 14.3. The van der Waals surface area contributed by atoms with E-state index in [9.17, 15) is 9.59 Å². The van der Waals surface area contributed by atoms with Crippen LogP contribution in [0.1, 0.15) is 90.9 Å². The van der Waals surface area contributed by atoms with Gasteiger partial charge >= 0.3 is 0 Å². The Morgan fingerprint density at radius 3 is 1.88 bits per heavy atom. The summed E-state index contributed by atoms with van der Waals surface area (Å²) in [5.41, 5.74) is 0. The minimum Gasteiger partial charge on any atom is -0.395 e. The van der Waals surface area contributed by atoms with E-state index in [0.29, 0.717) is 6.42 Å². The number of hydrogen-bond donors (Lipinski definition) is 3. The number of aliphatic hydroxyl groups is 1. The van der Waals surface area contributed by atoms with Crippen LogP contribution in [-0.2, 0) is 9.59 Å². The van der Waals surface area contributed by atoms with E-state index < -0.39 is 6.04 Å². The number of carbonyl (C=O) groups excluding carboxylic acids is 2. The third kappa shape index (κ3) is 14.5. The molecule has 0 rings (SSSR count). The molecule has 0 unspecified atom stereocenters. The van der Waals surface area contributed by atoms with Crippen LogP contribution < -0.4 is 10.6 Å². The highest BCUT2D eigenvalue weighted by atomic mass is 16.3. The number of hydrogen-bond acceptors (Lipinski definition) is 3. The van der Waals surface area contributed by atoms with Gasteiger partial charge in [-0.05, 0) is 13.3 Å². The van der Waals surface area contributed by atoms with E-state index >= 15 is 0 Å². The number of unbranched alkanes of at least 4 members (excludes halogenated alkanes) is 10. The van der Waals surface area contributed by atoms with Crippen LogP contribution >= 0.6 is 0 Å². The van der Waals surface area contributed by atoms with Crippen LogP contribution in [0.3, 0.4) is 0 Å². The molecule has 0 aromatic rings. The van der Waals surface area contributed by atoms with Gasteiger partial charge in [-0.2, -0.15) is 0 Å². The van der Waals surface area contributed by atoms with Crippen LogP contribution in [0.2, 0.25) is 0 Å². The minimum absolute atomic E-state index is 0.0717. The lowest BCUT2D eigenvalue weighted by atomic mass is 10.1. The molecule has 142 valence electrons. The van der Waals surface area contributed by atoms with Gasteiger partial charge in [-0.25, -0.2) is 0 Å². The van der Waals surface area contributed by atoms with Gasteiger partial charge in [0.25, 0.3) is 0 Å². The van der Waals surface area contributed by atoms with Crippen LogP contribution in [0.4, 0.5) is 0 Å². The Morgan fingerprint density at radius 2 is 1.38 bits per heavy atom. The van der Waals surface area contributed by atoms with Crippen molar-refractivity contribution in [2.24, 2.45) is 0 Å². The van der Waals surface area contributed by atoms with E-state index in [1.165, 1.54) is 57.8 Å². The highest BCUT2D eigenvalue weighted by molar-refractivity contribution is 5.87. The summed E-state index contributed by atoms with van der Waals surface area (Å²) >= 11 is 0. The highest BCUT2D eigenvalue weighted by Crippen LogP contribution is 2.11. The van der Waals surface area contributed by atoms with Crippen molar-refractivity contribution in [2.75, 3.05) is 13.2 Å². The molecule has 2 amide bonds. The van der Waals surface area contributed by atoms with Crippen LogP contribution in [0.25, 0.3) is 0 Å². The van der Waals surface area contributed by atoms with Crippen LogP contribution in [-0.4, -0.2) is 36.1 Å². The second kappa shape index (κ2) is 16.7. The van der Waals surface area contributed by atoms with Gasteiger partial charge in [-0.15, -0.1) is 0 Å². The first kappa shape index (κ1) is 22.9. The van der Waals surface area contributed by atoms with E-state index in [1.807, 2.05) is 0 Å². The summed E-state index contributed by atoms with van der Waals surface area (Å²) in [5, 5.41) is 13.9. The molecule has 0 aromatic carbocycles. The first-order chi connectivity index (χ1) is 11.6. The Bertz CT molecular complexity index is 322. The van der Waals surface area contributed by atoms with Gasteiger partial charge < -0.3 is 15.7 Å². The average molecular weight is 343 g/mol. The maximum absolute atomic E-state index is 11.8. The molecule has 0 saturated heterocycles. The summed E-state index contributed by atoms with van der Waals surface area (Å²) in [6.45, 7) is 4.03. The number of rotatable bonds is 16. The number of carbonyl (C=O) groups is 2. The van der Waals surface area contributed by atoms with Crippen LogP contribution in [0.15, 0.2) is 0 Å². The molecule has 0 spiro atoms. The molecule has 0 aliphatic heterocycles. The zero-order chi connectivity index (χ0) is 18.0. The smallest absolute Gasteiger partial charge is 0.242 e. The molecular weight excluding hydrogens is 304 g/mol. The van der Waals surface area contributed by atoms with Gasteiger partial charge in [0.1, 0.15) is 6.04 Å². The van der Waals surface area contributed by atoms with E-state index in [0.717, 1.165) is 12.8 Å². The van der Waals surface area contributed by atoms with Gasteiger partial charge in [-0.3, -0.25) is 9.59 Å². The van der Waals surface area contributed by atoms with Gasteiger partial charge in [0.2, 0.25) is 11.8 Å². The monoisotopic (exact) mass is 342 g/mol. The molecule has 5 heteroatoms. The summed E-state index contributed by atoms with van der Waals surface area (Å²) < 4.78 is 0. The lowest BCUT2D eigenvalue weighted by Crippen LogP contribution is -2.45. The van der Waals surface area contributed by atoms with Gasteiger partial charge in [-0.1, -0.05) is 71.1 Å². The lowest BCUT2D eigenvalue weighted by Gasteiger charge is -2.13. The molecule has 0 aromatic heterocycles. The molecular formula is C19H38N2O3. The molecule has 0 heterocycles. The minimum atomic E-state index is -0.545. The Morgan fingerprint density at radius 1 is 0.875 bits per heavy atom. The molecule has 0 radical (unpaired) electrons. The van der Waals surface area contributed by atoms with E-state index in [4.69, 9.17) is 5.11 Å². The molecule has 0 fully saturated rings. The van der Waals surface area contributed by atoms with Crippen molar-refractivity contribution in [1.82, 2.24) is 10.6 Å². The van der Waals surface area contributed by atoms with Crippen molar-refractivity contribution < 1.29 is 14.7 Å². The topological polar surface area (TPSA) is 78.4 Å². The Hall–Kier alpha value is -1.10. The van der Waals surface area contributed by atoms with Crippen LogP contribution in [0.5, 0.6) is 0 Å². The zero-order valence-electron chi connectivity index (χ0n) is 15.7. The molecule has 0 aliphatic carbocycles. The molecule has 24 heavy (non-hydrogen) atoms. The number of amides is 2. The molecule has 0 saturated carbocycles. The number of aliphatic hydroxyl groups excluding tert-OH is 1. The average Bonchev–Trinajstić information content (AvgIpc) is 2.57. The van der Waals surface area contributed by atoms with E-state index in [2.05, 4.69) is 17.6 Å². The fourth-order valence-corrected chi connectivity index (χ4v) is 2.66. The van der Waals surface area contributed by atoms with Crippen molar-refractivity contribution >= 4 is 11.8 Å². The molecule has 5 nitrogen and oxygen atoms in total. The molecule has 1 atom stereocenters. The van der Waals surface area contributed by atoms with Gasteiger partial charge in [0.05, 0.1) is 6.61 Å². The second-order valence-electron chi connectivity index (χ2n) is 6.59. The van der Waals surface area contributed by atoms with Gasteiger partial charge in [0.15, 0.2) is 0 Å². The normalized spacial score (nSPS) is 12.0. The lowest BCUT2D eigenvalue weighted by molar-refractivity contribution is -0.128. The molecule has 0 aliphatic rings.